The third kappa shape index (κ3) is 5.26. The fraction of sp³-hybridized carbons (Fsp3) is 0.296. The van der Waals surface area contributed by atoms with Crippen LogP contribution in [0.25, 0.3) is 0 Å². The van der Waals surface area contributed by atoms with Gasteiger partial charge in [0.2, 0.25) is 6.79 Å². The standard InChI is InChI=1S/C27H26F3N3O3/c28-27(29,30)21-9-6-19(7-10-21)26(34)31-17-23(20-8-11-24-25(16-20)36-18-35-24)33-14-12-32(13-15-33)22-4-2-1-3-5-22/h1-11,16,23H,12-15,17-18H2,(H,31,34)/t23-/m1/s1. The number of fused-ring (bicyclic) bond motifs is 1. The molecular weight excluding hydrogens is 471 g/mol. The lowest BCUT2D eigenvalue weighted by atomic mass is 10.0. The van der Waals surface area contributed by atoms with Crippen LogP contribution >= 0.6 is 0 Å². The Balaban J connectivity index is 1.30. The van der Waals surface area contributed by atoms with Gasteiger partial charge in [-0.2, -0.15) is 13.2 Å². The van der Waals surface area contributed by atoms with Crippen molar-refractivity contribution in [2.45, 2.75) is 12.2 Å². The Labute approximate surface area is 207 Å². The van der Waals surface area contributed by atoms with Crippen LogP contribution in [-0.2, 0) is 6.18 Å². The van der Waals surface area contributed by atoms with Crippen molar-refractivity contribution in [1.82, 2.24) is 10.2 Å². The van der Waals surface area contributed by atoms with Crippen molar-refractivity contribution in [3.8, 4) is 11.5 Å². The zero-order chi connectivity index (χ0) is 25.1. The Morgan fingerprint density at radius 3 is 2.28 bits per heavy atom. The van der Waals surface area contributed by atoms with E-state index in [1.165, 1.54) is 17.8 Å². The number of alkyl halides is 3. The number of hydrogen-bond acceptors (Lipinski definition) is 5. The van der Waals surface area contributed by atoms with E-state index in [2.05, 4.69) is 27.2 Å². The molecule has 0 unspecified atom stereocenters. The highest BCUT2D eigenvalue weighted by molar-refractivity contribution is 5.94. The lowest BCUT2D eigenvalue weighted by Gasteiger charge is -2.40. The average Bonchev–Trinajstić information content (AvgIpc) is 3.37. The van der Waals surface area contributed by atoms with Gasteiger partial charge < -0.3 is 19.7 Å². The van der Waals surface area contributed by atoms with Crippen LogP contribution in [0, 0.1) is 0 Å². The molecule has 0 aliphatic carbocycles. The van der Waals surface area contributed by atoms with Crippen LogP contribution in [0.15, 0.2) is 72.8 Å². The summed E-state index contributed by atoms with van der Waals surface area (Å²) in [5.74, 6) is 0.923. The summed E-state index contributed by atoms with van der Waals surface area (Å²) >= 11 is 0. The molecule has 0 bridgehead atoms. The first-order chi connectivity index (χ1) is 17.4. The maximum atomic E-state index is 12.9. The van der Waals surface area contributed by atoms with Gasteiger partial charge in [0.05, 0.1) is 11.6 Å². The number of nitrogens with one attached hydrogen (secondary N) is 1. The largest absolute Gasteiger partial charge is 0.454 e. The third-order valence-electron chi connectivity index (χ3n) is 6.59. The van der Waals surface area contributed by atoms with Gasteiger partial charge in [0.15, 0.2) is 11.5 Å². The number of amides is 1. The van der Waals surface area contributed by atoms with Crippen LogP contribution in [0.2, 0.25) is 0 Å². The van der Waals surface area contributed by atoms with E-state index in [9.17, 15) is 18.0 Å². The molecule has 1 saturated heterocycles. The molecule has 2 heterocycles. The first-order valence-corrected chi connectivity index (χ1v) is 11.8. The topological polar surface area (TPSA) is 54.0 Å². The Hall–Kier alpha value is -3.72. The summed E-state index contributed by atoms with van der Waals surface area (Å²) in [5.41, 5.74) is 1.54. The van der Waals surface area contributed by atoms with Crippen LogP contribution in [0.5, 0.6) is 11.5 Å². The van der Waals surface area contributed by atoms with Gasteiger partial charge in [-0.25, -0.2) is 0 Å². The Morgan fingerprint density at radius 1 is 0.889 bits per heavy atom. The normalized spacial score (nSPS) is 16.6. The first kappa shape index (κ1) is 24.0. The van der Waals surface area contributed by atoms with Crippen LogP contribution < -0.4 is 19.7 Å². The van der Waals surface area contributed by atoms with E-state index < -0.39 is 17.6 Å². The Morgan fingerprint density at radius 2 is 1.58 bits per heavy atom. The number of hydrogen-bond donors (Lipinski definition) is 1. The molecule has 0 radical (unpaired) electrons. The number of anilines is 1. The van der Waals surface area contributed by atoms with Crippen molar-refractivity contribution in [3.05, 3.63) is 89.5 Å². The molecule has 5 rings (SSSR count). The number of benzene rings is 3. The number of piperazine rings is 1. The third-order valence-corrected chi connectivity index (χ3v) is 6.59. The highest BCUT2D eigenvalue weighted by atomic mass is 19.4. The lowest BCUT2D eigenvalue weighted by molar-refractivity contribution is -0.137. The van der Waals surface area contributed by atoms with Crippen molar-refractivity contribution < 1.29 is 27.4 Å². The van der Waals surface area contributed by atoms with Crippen LogP contribution in [-0.4, -0.2) is 50.3 Å². The molecule has 6 nitrogen and oxygen atoms in total. The number of carbonyl (C=O) groups is 1. The second-order valence-corrected chi connectivity index (χ2v) is 8.77. The molecule has 0 aromatic heterocycles. The van der Waals surface area contributed by atoms with E-state index in [1.807, 2.05) is 36.4 Å². The molecule has 36 heavy (non-hydrogen) atoms. The van der Waals surface area contributed by atoms with Gasteiger partial charge in [-0.05, 0) is 54.1 Å². The molecule has 0 spiro atoms. The molecule has 3 aromatic carbocycles. The maximum absolute atomic E-state index is 12.9. The number of rotatable bonds is 6. The van der Waals surface area contributed by atoms with Crippen LogP contribution in [0.3, 0.4) is 0 Å². The summed E-state index contributed by atoms with van der Waals surface area (Å²) in [4.78, 5) is 17.4. The minimum atomic E-state index is -4.44. The molecule has 188 valence electrons. The van der Waals surface area contributed by atoms with E-state index in [0.717, 1.165) is 43.9 Å². The van der Waals surface area contributed by atoms with Crippen molar-refractivity contribution >= 4 is 11.6 Å². The highest BCUT2D eigenvalue weighted by Crippen LogP contribution is 2.36. The molecule has 2 aliphatic heterocycles. The molecule has 3 aromatic rings. The van der Waals surface area contributed by atoms with Crippen molar-refractivity contribution in [2.24, 2.45) is 0 Å². The molecular formula is C27H26F3N3O3. The second kappa shape index (κ2) is 10.1. The molecule has 1 fully saturated rings. The van der Waals surface area contributed by atoms with Crippen molar-refractivity contribution in [2.75, 3.05) is 44.4 Å². The predicted molar refractivity (Wildman–Crippen MR) is 129 cm³/mol. The lowest BCUT2D eigenvalue weighted by Crippen LogP contribution is -2.50. The van der Waals surface area contributed by atoms with Gasteiger partial charge in [-0.15, -0.1) is 0 Å². The average molecular weight is 498 g/mol. The molecule has 1 atom stereocenters. The minimum Gasteiger partial charge on any atom is -0.454 e. The van der Waals surface area contributed by atoms with E-state index in [0.29, 0.717) is 18.0 Å². The highest BCUT2D eigenvalue weighted by Gasteiger charge is 2.31. The zero-order valence-corrected chi connectivity index (χ0v) is 19.5. The van der Waals surface area contributed by atoms with E-state index in [4.69, 9.17) is 9.47 Å². The molecule has 2 aliphatic rings. The summed E-state index contributed by atoms with van der Waals surface area (Å²) in [5, 5.41) is 2.92. The number of para-hydroxylation sites is 1. The number of ether oxygens (including phenoxy) is 2. The zero-order valence-electron chi connectivity index (χ0n) is 19.5. The van der Waals surface area contributed by atoms with Crippen LogP contribution in [0.1, 0.15) is 27.5 Å². The minimum absolute atomic E-state index is 0.143. The fourth-order valence-electron chi connectivity index (χ4n) is 4.61. The predicted octanol–water partition coefficient (Wildman–Crippen LogP) is 4.73. The van der Waals surface area contributed by atoms with Gasteiger partial charge in [0.1, 0.15) is 0 Å². The second-order valence-electron chi connectivity index (χ2n) is 8.77. The molecule has 1 amide bonds. The molecule has 1 N–H and O–H groups in total. The summed E-state index contributed by atoms with van der Waals surface area (Å²) in [6.45, 7) is 3.69. The van der Waals surface area contributed by atoms with E-state index >= 15 is 0 Å². The summed E-state index contributed by atoms with van der Waals surface area (Å²) < 4.78 is 49.6. The fourth-order valence-corrected chi connectivity index (χ4v) is 4.61. The van der Waals surface area contributed by atoms with Crippen molar-refractivity contribution in [3.63, 3.8) is 0 Å². The smallest absolute Gasteiger partial charge is 0.416 e. The quantitative estimate of drug-likeness (QED) is 0.534. The summed E-state index contributed by atoms with van der Waals surface area (Å²) in [6.07, 6.45) is -4.44. The van der Waals surface area contributed by atoms with E-state index in [-0.39, 0.29) is 18.4 Å². The maximum Gasteiger partial charge on any atom is 0.416 e. The van der Waals surface area contributed by atoms with Gasteiger partial charge in [-0.3, -0.25) is 9.69 Å². The Kier molecular flexibility index (Phi) is 6.73. The first-order valence-electron chi connectivity index (χ1n) is 11.8. The van der Waals surface area contributed by atoms with Crippen LogP contribution in [0.4, 0.5) is 18.9 Å². The monoisotopic (exact) mass is 497 g/mol. The van der Waals surface area contributed by atoms with Gasteiger partial charge in [-0.1, -0.05) is 24.3 Å². The van der Waals surface area contributed by atoms with E-state index in [1.54, 1.807) is 0 Å². The molecule has 9 heteroatoms. The van der Waals surface area contributed by atoms with Gasteiger partial charge >= 0.3 is 6.18 Å². The SMILES string of the molecule is O=C(NC[C@H](c1ccc2c(c1)OCO2)N1CCN(c2ccccc2)CC1)c1ccc(C(F)(F)F)cc1. The van der Waals surface area contributed by atoms with Gasteiger partial charge in [0.25, 0.3) is 5.91 Å². The number of nitrogens with zero attached hydrogens (tertiary/aromatic N) is 2. The Bertz CT molecular complexity index is 1190. The summed E-state index contributed by atoms with van der Waals surface area (Å²) in [6, 6.07) is 20.1. The van der Waals surface area contributed by atoms with Crippen molar-refractivity contribution in [1.29, 1.82) is 0 Å². The molecule has 0 saturated carbocycles. The number of halogens is 3. The summed E-state index contributed by atoms with van der Waals surface area (Å²) in [7, 11) is 0. The number of carbonyl (C=O) groups excluding carboxylic acids is 1. The van der Waals surface area contributed by atoms with Gasteiger partial charge in [0, 0.05) is 44.0 Å².